The minimum atomic E-state index is -1.23. The number of hydrogen-bond acceptors (Lipinski definition) is 5. The lowest BCUT2D eigenvalue weighted by Gasteiger charge is -2.22. The van der Waals surface area contributed by atoms with Gasteiger partial charge in [-0.3, -0.25) is 0 Å². The van der Waals surface area contributed by atoms with Crippen LogP contribution in [0.5, 0.6) is 5.75 Å². The smallest absolute Gasteiger partial charge is 0.408 e. The van der Waals surface area contributed by atoms with Crippen LogP contribution in [0.25, 0.3) is 0 Å². The van der Waals surface area contributed by atoms with Crippen LogP contribution in [0.3, 0.4) is 0 Å². The molecule has 0 saturated heterocycles. The Morgan fingerprint density at radius 1 is 1.22 bits per heavy atom. The molecule has 0 heterocycles. The second-order valence-electron chi connectivity index (χ2n) is 6.15. The lowest BCUT2D eigenvalue weighted by atomic mass is 10.1. The van der Waals surface area contributed by atoms with Gasteiger partial charge < -0.3 is 25.0 Å². The fourth-order valence-corrected chi connectivity index (χ4v) is 1.69. The van der Waals surface area contributed by atoms with Crippen molar-refractivity contribution in [3.05, 3.63) is 29.8 Å². The highest BCUT2D eigenvalue weighted by molar-refractivity contribution is 5.81. The molecule has 1 aromatic carbocycles. The number of carbonyl (C=O) groups is 2. The van der Waals surface area contributed by atoms with Crippen molar-refractivity contribution in [2.75, 3.05) is 6.61 Å². The van der Waals surface area contributed by atoms with E-state index < -0.39 is 29.8 Å². The van der Waals surface area contributed by atoms with E-state index >= 15 is 0 Å². The average molecular weight is 325 g/mol. The Balaban J connectivity index is 2.78. The second kappa shape index (κ2) is 7.82. The molecule has 0 aliphatic carbocycles. The third-order valence-corrected chi connectivity index (χ3v) is 2.61. The highest BCUT2D eigenvalue weighted by Crippen LogP contribution is 2.19. The lowest BCUT2D eigenvalue weighted by Crippen LogP contribution is -2.38. The molecule has 0 radical (unpaired) electrons. The van der Waals surface area contributed by atoms with Gasteiger partial charge in [-0.1, -0.05) is 12.1 Å². The molecule has 128 valence electrons. The van der Waals surface area contributed by atoms with E-state index in [2.05, 4.69) is 5.32 Å². The molecule has 0 saturated carbocycles. The minimum Gasteiger partial charge on any atom is -0.491 e. The van der Waals surface area contributed by atoms with Gasteiger partial charge in [0.05, 0.1) is 6.10 Å². The van der Waals surface area contributed by atoms with Crippen molar-refractivity contribution in [3.8, 4) is 5.75 Å². The monoisotopic (exact) mass is 325 g/mol. The standard InChI is InChI=1S/C16H23NO6/c1-10(18)9-22-12-7-5-11(6-8-12)13(14(19)20)17-15(21)23-16(2,3)4/h5-8,10,13,18H,9H2,1-4H3,(H,17,21)(H,19,20). The highest BCUT2D eigenvalue weighted by Gasteiger charge is 2.25. The van der Waals surface area contributed by atoms with Gasteiger partial charge in [0.2, 0.25) is 0 Å². The summed E-state index contributed by atoms with van der Waals surface area (Å²) >= 11 is 0. The molecule has 0 spiro atoms. The predicted octanol–water partition coefficient (Wildman–Crippen LogP) is 2.10. The van der Waals surface area contributed by atoms with Gasteiger partial charge in [-0.15, -0.1) is 0 Å². The molecule has 3 N–H and O–H groups in total. The van der Waals surface area contributed by atoms with E-state index in [9.17, 15) is 14.7 Å². The Morgan fingerprint density at radius 2 is 1.78 bits per heavy atom. The molecule has 23 heavy (non-hydrogen) atoms. The summed E-state index contributed by atoms with van der Waals surface area (Å²) in [6, 6.07) is 4.99. The zero-order valence-corrected chi connectivity index (χ0v) is 13.7. The third kappa shape index (κ3) is 7.01. The van der Waals surface area contributed by atoms with Gasteiger partial charge in [-0.25, -0.2) is 9.59 Å². The van der Waals surface area contributed by atoms with E-state index in [0.29, 0.717) is 11.3 Å². The van der Waals surface area contributed by atoms with Crippen LogP contribution in [-0.2, 0) is 9.53 Å². The van der Waals surface area contributed by atoms with Gasteiger partial charge in [-0.05, 0) is 45.4 Å². The summed E-state index contributed by atoms with van der Waals surface area (Å²) in [4.78, 5) is 23.1. The summed E-state index contributed by atoms with van der Waals surface area (Å²) in [5.74, 6) is -0.704. The normalized spacial score (nSPS) is 13.8. The molecule has 1 rings (SSSR count). The molecule has 7 heteroatoms. The quantitative estimate of drug-likeness (QED) is 0.740. The van der Waals surface area contributed by atoms with Crippen LogP contribution >= 0.6 is 0 Å². The molecule has 2 atom stereocenters. The highest BCUT2D eigenvalue weighted by atomic mass is 16.6. The summed E-state index contributed by atoms with van der Waals surface area (Å²) in [7, 11) is 0. The number of aliphatic hydroxyl groups excluding tert-OH is 1. The molecule has 0 aromatic heterocycles. The summed E-state index contributed by atoms with van der Waals surface area (Å²) in [5.41, 5.74) is -0.334. The maximum Gasteiger partial charge on any atom is 0.408 e. The number of ether oxygens (including phenoxy) is 2. The van der Waals surface area contributed by atoms with Crippen LogP contribution in [0.15, 0.2) is 24.3 Å². The van der Waals surface area contributed by atoms with Crippen molar-refractivity contribution in [1.29, 1.82) is 0 Å². The third-order valence-electron chi connectivity index (χ3n) is 2.61. The van der Waals surface area contributed by atoms with E-state index in [4.69, 9.17) is 14.6 Å². The van der Waals surface area contributed by atoms with E-state index in [0.717, 1.165) is 0 Å². The molecule has 0 aliphatic heterocycles. The van der Waals surface area contributed by atoms with Crippen LogP contribution < -0.4 is 10.1 Å². The number of nitrogens with one attached hydrogen (secondary N) is 1. The molecule has 0 fully saturated rings. The largest absolute Gasteiger partial charge is 0.491 e. The van der Waals surface area contributed by atoms with Crippen LogP contribution in [0.2, 0.25) is 0 Å². The van der Waals surface area contributed by atoms with Crippen LogP contribution in [0.1, 0.15) is 39.3 Å². The first-order valence-corrected chi connectivity index (χ1v) is 7.21. The number of aliphatic hydroxyl groups is 1. The molecule has 2 unspecified atom stereocenters. The summed E-state index contributed by atoms with van der Waals surface area (Å²) in [6.07, 6.45) is -1.41. The number of benzene rings is 1. The number of carboxylic acids is 1. The molecule has 1 amide bonds. The average Bonchev–Trinajstić information content (AvgIpc) is 2.41. The number of aliphatic carboxylic acids is 1. The Morgan fingerprint density at radius 3 is 2.22 bits per heavy atom. The number of carbonyl (C=O) groups excluding carboxylic acids is 1. The lowest BCUT2D eigenvalue weighted by molar-refractivity contribution is -0.139. The van der Waals surface area contributed by atoms with Gasteiger partial charge in [0, 0.05) is 0 Å². The molecule has 1 aromatic rings. The first-order chi connectivity index (χ1) is 10.6. The molecule has 0 aliphatic rings. The van der Waals surface area contributed by atoms with E-state index in [1.807, 2.05) is 0 Å². The van der Waals surface area contributed by atoms with Gasteiger partial charge in [-0.2, -0.15) is 0 Å². The maximum absolute atomic E-state index is 11.7. The number of amides is 1. The van der Waals surface area contributed by atoms with Gasteiger partial charge >= 0.3 is 12.1 Å². The number of hydrogen-bond donors (Lipinski definition) is 3. The summed E-state index contributed by atoms with van der Waals surface area (Å²) in [6.45, 7) is 6.81. The van der Waals surface area contributed by atoms with Crippen molar-refractivity contribution in [3.63, 3.8) is 0 Å². The first kappa shape index (κ1) is 18.8. The predicted molar refractivity (Wildman–Crippen MR) is 83.4 cm³/mol. The summed E-state index contributed by atoms with van der Waals surface area (Å²) < 4.78 is 10.4. The van der Waals surface area contributed by atoms with Crippen molar-refractivity contribution < 1.29 is 29.3 Å². The van der Waals surface area contributed by atoms with Crippen molar-refractivity contribution in [2.45, 2.75) is 45.4 Å². The van der Waals surface area contributed by atoms with E-state index in [1.165, 1.54) is 12.1 Å². The van der Waals surface area contributed by atoms with Crippen LogP contribution in [0.4, 0.5) is 4.79 Å². The second-order valence-corrected chi connectivity index (χ2v) is 6.15. The van der Waals surface area contributed by atoms with Gasteiger partial charge in [0.25, 0.3) is 0 Å². The minimum absolute atomic E-state index is 0.137. The summed E-state index contributed by atoms with van der Waals surface area (Å²) in [5, 5.41) is 20.8. The molecular formula is C16H23NO6. The van der Waals surface area contributed by atoms with Crippen molar-refractivity contribution >= 4 is 12.1 Å². The first-order valence-electron chi connectivity index (χ1n) is 7.21. The van der Waals surface area contributed by atoms with E-state index in [-0.39, 0.29) is 6.61 Å². The Kier molecular flexibility index (Phi) is 6.38. The molecular weight excluding hydrogens is 302 g/mol. The number of rotatable bonds is 6. The topological polar surface area (TPSA) is 105 Å². The fraction of sp³-hybridized carbons (Fsp3) is 0.500. The Labute approximate surface area is 135 Å². The van der Waals surface area contributed by atoms with Crippen LogP contribution in [-0.4, -0.2) is 40.6 Å². The number of alkyl carbamates (subject to hydrolysis) is 1. The Bertz CT molecular complexity index is 532. The number of carboxylic acid groups (broad SMARTS) is 1. The zero-order valence-electron chi connectivity index (χ0n) is 13.7. The maximum atomic E-state index is 11.7. The SMILES string of the molecule is CC(O)COc1ccc(C(NC(=O)OC(C)(C)C)C(=O)O)cc1. The fourth-order valence-electron chi connectivity index (χ4n) is 1.69. The van der Waals surface area contributed by atoms with Crippen LogP contribution in [0, 0.1) is 0 Å². The van der Waals surface area contributed by atoms with Gasteiger partial charge in [0.1, 0.15) is 18.0 Å². The molecule has 7 nitrogen and oxygen atoms in total. The zero-order chi connectivity index (χ0) is 17.6. The van der Waals surface area contributed by atoms with Gasteiger partial charge in [0.15, 0.2) is 6.04 Å². The Hall–Kier alpha value is -2.28. The molecule has 0 bridgehead atoms. The van der Waals surface area contributed by atoms with Crippen molar-refractivity contribution in [1.82, 2.24) is 5.32 Å². The van der Waals surface area contributed by atoms with Crippen molar-refractivity contribution in [2.24, 2.45) is 0 Å². The van der Waals surface area contributed by atoms with E-state index in [1.54, 1.807) is 39.8 Å².